The summed E-state index contributed by atoms with van der Waals surface area (Å²) in [4.78, 5) is 17.6. The van der Waals surface area contributed by atoms with Gasteiger partial charge in [-0.2, -0.15) is 4.31 Å². The summed E-state index contributed by atoms with van der Waals surface area (Å²) >= 11 is 0. The van der Waals surface area contributed by atoms with E-state index in [2.05, 4.69) is 24.8 Å². The number of piperazine rings is 1. The topological polar surface area (TPSA) is 82.5 Å². The van der Waals surface area contributed by atoms with E-state index in [-0.39, 0.29) is 4.90 Å². The van der Waals surface area contributed by atoms with Gasteiger partial charge in [-0.1, -0.05) is 0 Å². The third-order valence-electron chi connectivity index (χ3n) is 4.86. The maximum Gasteiger partial charge on any atom is 0.244 e. The number of pyridine rings is 1. The lowest BCUT2D eigenvalue weighted by molar-refractivity contribution is 0.477. The van der Waals surface area contributed by atoms with Crippen LogP contribution < -0.4 is 9.80 Å². The predicted octanol–water partition coefficient (Wildman–Crippen LogP) is 0.983. The van der Waals surface area contributed by atoms with Crippen molar-refractivity contribution in [1.29, 1.82) is 0 Å². The highest BCUT2D eigenvalue weighted by Gasteiger charge is 2.28. The second kappa shape index (κ2) is 7.16. The first-order valence-electron chi connectivity index (χ1n) is 8.88. The summed E-state index contributed by atoms with van der Waals surface area (Å²) in [5.41, 5.74) is 0. The van der Waals surface area contributed by atoms with Gasteiger partial charge in [0, 0.05) is 57.9 Å². The number of aromatic nitrogens is 3. The molecule has 0 radical (unpaired) electrons. The standard InChI is InChI=1S/C17H22N6O2S/c24-26(25,23-8-1-2-9-23)15-4-5-16(20-14-15)21-10-12-22(13-11-21)17-18-6-3-7-19-17/h3-7,14H,1-2,8-13H2. The van der Waals surface area contributed by atoms with E-state index < -0.39 is 10.0 Å². The van der Waals surface area contributed by atoms with Gasteiger partial charge in [0.1, 0.15) is 10.7 Å². The summed E-state index contributed by atoms with van der Waals surface area (Å²) in [6, 6.07) is 5.28. The molecule has 2 aromatic heterocycles. The number of sulfonamides is 1. The van der Waals surface area contributed by atoms with Crippen molar-refractivity contribution < 1.29 is 8.42 Å². The second-order valence-corrected chi connectivity index (χ2v) is 8.42. The van der Waals surface area contributed by atoms with Crippen LogP contribution in [0.25, 0.3) is 0 Å². The van der Waals surface area contributed by atoms with Crippen molar-refractivity contribution in [2.75, 3.05) is 49.1 Å². The van der Waals surface area contributed by atoms with Crippen molar-refractivity contribution in [2.24, 2.45) is 0 Å². The normalized spacial score (nSPS) is 19.1. The lowest BCUT2D eigenvalue weighted by atomic mass is 10.3. The molecule has 4 heterocycles. The molecule has 0 aromatic carbocycles. The number of hydrogen-bond acceptors (Lipinski definition) is 7. The average Bonchev–Trinajstić information content (AvgIpc) is 3.25. The van der Waals surface area contributed by atoms with Gasteiger partial charge < -0.3 is 9.80 Å². The van der Waals surface area contributed by atoms with Gasteiger partial charge in [0.05, 0.1) is 0 Å². The van der Waals surface area contributed by atoms with Crippen molar-refractivity contribution >= 4 is 21.8 Å². The maximum atomic E-state index is 12.6. The fourth-order valence-corrected chi connectivity index (χ4v) is 4.84. The maximum absolute atomic E-state index is 12.6. The van der Waals surface area contributed by atoms with Gasteiger partial charge in [-0.3, -0.25) is 0 Å². The Morgan fingerprint density at radius 3 is 2.08 bits per heavy atom. The van der Waals surface area contributed by atoms with E-state index in [0.717, 1.165) is 50.8 Å². The monoisotopic (exact) mass is 374 g/mol. The first-order valence-corrected chi connectivity index (χ1v) is 10.3. The molecule has 8 nitrogen and oxygen atoms in total. The number of anilines is 2. The Hall–Kier alpha value is -2.26. The molecule has 0 aliphatic carbocycles. The largest absolute Gasteiger partial charge is 0.353 e. The van der Waals surface area contributed by atoms with Crippen molar-refractivity contribution in [3.05, 3.63) is 36.8 Å². The average molecular weight is 374 g/mol. The Bertz CT molecular complexity index is 829. The number of rotatable bonds is 4. The molecule has 0 amide bonds. The Kier molecular flexibility index (Phi) is 4.73. The van der Waals surface area contributed by atoms with Crippen molar-refractivity contribution in [3.63, 3.8) is 0 Å². The highest BCUT2D eigenvalue weighted by atomic mass is 32.2. The molecule has 2 fully saturated rings. The minimum Gasteiger partial charge on any atom is -0.353 e. The molecule has 4 rings (SSSR count). The molecule has 26 heavy (non-hydrogen) atoms. The quantitative estimate of drug-likeness (QED) is 0.789. The highest BCUT2D eigenvalue weighted by Crippen LogP contribution is 2.22. The molecule has 0 saturated carbocycles. The molecule has 2 aromatic rings. The Morgan fingerprint density at radius 2 is 1.46 bits per heavy atom. The minimum atomic E-state index is -3.40. The van der Waals surface area contributed by atoms with Crippen LogP contribution in [0.4, 0.5) is 11.8 Å². The Balaban J connectivity index is 1.42. The van der Waals surface area contributed by atoms with Crippen LogP contribution >= 0.6 is 0 Å². The van der Waals surface area contributed by atoms with E-state index >= 15 is 0 Å². The molecule has 0 unspecified atom stereocenters. The van der Waals surface area contributed by atoms with Crippen LogP contribution in [0.15, 0.2) is 41.7 Å². The zero-order valence-electron chi connectivity index (χ0n) is 14.5. The van der Waals surface area contributed by atoms with E-state index in [0.29, 0.717) is 13.1 Å². The van der Waals surface area contributed by atoms with Crippen molar-refractivity contribution in [3.8, 4) is 0 Å². The Labute approximate surface area is 153 Å². The van der Waals surface area contributed by atoms with Crippen LogP contribution in [0.1, 0.15) is 12.8 Å². The molecule has 0 N–H and O–H groups in total. The molecule has 2 aliphatic heterocycles. The fraction of sp³-hybridized carbons (Fsp3) is 0.471. The van der Waals surface area contributed by atoms with Gasteiger partial charge in [-0.25, -0.2) is 23.4 Å². The van der Waals surface area contributed by atoms with E-state index in [4.69, 9.17) is 0 Å². The van der Waals surface area contributed by atoms with Gasteiger partial charge in [-0.15, -0.1) is 0 Å². The summed E-state index contributed by atoms with van der Waals surface area (Å²) in [5, 5.41) is 0. The summed E-state index contributed by atoms with van der Waals surface area (Å²) in [6.45, 7) is 4.41. The van der Waals surface area contributed by atoms with Crippen LogP contribution in [0.3, 0.4) is 0 Å². The highest BCUT2D eigenvalue weighted by molar-refractivity contribution is 7.89. The smallest absolute Gasteiger partial charge is 0.244 e. The second-order valence-electron chi connectivity index (χ2n) is 6.49. The number of nitrogens with zero attached hydrogens (tertiary/aromatic N) is 6. The summed E-state index contributed by atoms with van der Waals surface area (Å²) in [5.74, 6) is 1.55. The molecule has 0 spiro atoms. The zero-order valence-corrected chi connectivity index (χ0v) is 15.3. The lowest BCUT2D eigenvalue weighted by Gasteiger charge is -2.35. The van der Waals surface area contributed by atoms with Crippen LogP contribution in [0, 0.1) is 0 Å². The SMILES string of the molecule is O=S(=O)(c1ccc(N2CCN(c3ncccn3)CC2)nc1)N1CCCC1. The van der Waals surface area contributed by atoms with E-state index in [1.807, 2.05) is 0 Å². The Morgan fingerprint density at radius 1 is 0.808 bits per heavy atom. The molecule has 0 atom stereocenters. The van der Waals surface area contributed by atoms with Crippen LogP contribution in [0.2, 0.25) is 0 Å². The van der Waals surface area contributed by atoms with E-state index in [1.165, 1.54) is 6.20 Å². The van der Waals surface area contributed by atoms with Crippen molar-refractivity contribution in [2.45, 2.75) is 17.7 Å². The minimum absolute atomic E-state index is 0.277. The van der Waals surface area contributed by atoms with Gasteiger partial charge in [-0.05, 0) is 31.0 Å². The third-order valence-corrected chi connectivity index (χ3v) is 6.74. The zero-order chi connectivity index (χ0) is 18.0. The molecule has 2 aliphatic rings. The first-order chi connectivity index (χ1) is 12.6. The summed E-state index contributed by atoms with van der Waals surface area (Å²) in [6.07, 6.45) is 6.83. The van der Waals surface area contributed by atoms with Gasteiger partial charge >= 0.3 is 0 Å². The van der Waals surface area contributed by atoms with Gasteiger partial charge in [0.25, 0.3) is 0 Å². The molecular weight excluding hydrogens is 352 g/mol. The molecule has 138 valence electrons. The first kappa shape index (κ1) is 17.2. The fourth-order valence-electron chi connectivity index (χ4n) is 3.38. The molecule has 9 heteroatoms. The molecule has 0 bridgehead atoms. The van der Waals surface area contributed by atoms with Crippen molar-refractivity contribution in [1.82, 2.24) is 19.3 Å². The summed E-state index contributed by atoms with van der Waals surface area (Å²) in [7, 11) is -3.40. The van der Waals surface area contributed by atoms with Crippen LogP contribution in [0.5, 0.6) is 0 Å². The van der Waals surface area contributed by atoms with E-state index in [1.54, 1.807) is 34.9 Å². The van der Waals surface area contributed by atoms with Gasteiger partial charge in [0.15, 0.2) is 0 Å². The van der Waals surface area contributed by atoms with E-state index in [9.17, 15) is 8.42 Å². The molecule has 2 saturated heterocycles. The molecular formula is C17H22N6O2S. The predicted molar refractivity (Wildman–Crippen MR) is 98.7 cm³/mol. The lowest BCUT2D eigenvalue weighted by Crippen LogP contribution is -2.47. The van der Waals surface area contributed by atoms with Crippen LogP contribution in [-0.2, 0) is 10.0 Å². The third kappa shape index (κ3) is 3.36. The van der Waals surface area contributed by atoms with Crippen LogP contribution in [-0.4, -0.2) is 66.9 Å². The summed E-state index contributed by atoms with van der Waals surface area (Å²) < 4.78 is 26.7. The number of hydrogen-bond donors (Lipinski definition) is 0. The van der Waals surface area contributed by atoms with Gasteiger partial charge in [0.2, 0.25) is 16.0 Å².